The Morgan fingerprint density at radius 2 is 1.75 bits per heavy atom. The fraction of sp³-hybridized carbons (Fsp3) is 0.640. The van der Waals surface area contributed by atoms with E-state index in [4.69, 9.17) is 10.00 Å². The van der Waals surface area contributed by atoms with Crippen LogP contribution in [0.15, 0.2) is 30.4 Å². The van der Waals surface area contributed by atoms with Crippen LogP contribution in [-0.4, -0.2) is 13.2 Å². The van der Waals surface area contributed by atoms with E-state index in [1.54, 1.807) is 6.07 Å². The highest BCUT2D eigenvalue weighted by Gasteiger charge is 2.31. The number of hydrogen-bond donors (Lipinski definition) is 0. The Balaban J connectivity index is 1.42. The Kier molecular flexibility index (Phi) is 8.10. The van der Waals surface area contributed by atoms with E-state index in [-0.39, 0.29) is 5.82 Å². The highest BCUT2D eigenvalue weighted by molar-refractivity contribution is 5.34. The van der Waals surface area contributed by atoms with Crippen LogP contribution in [0, 0.1) is 34.9 Å². The predicted molar refractivity (Wildman–Crippen MR) is 112 cm³/mol. The molecule has 0 aromatic heterocycles. The second kappa shape index (κ2) is 10.8. The molecule has 0 amide bonds. The predicted octanol–water partition coefficient (Wildman–Crippen LogP) is 6.76. The summed E-state index contributed by atoms with van der Waals surface area (Å²) in [5.41, 5.74) is 1.23. The Morgan fingerprint density at radius 3 is 2.36 bits per heavy atom. The molecule has 0 unspecified atom stereocenters. The largest absolute Gasteiger partial charge is 0.377 e. The fourth-order valence-electron chi connectivity index (χ4n) is 5.18. The van der Waals surface area contributed by atoms with E-state index in [0.717, 1.165) is 55.8 Å². The first-order valence-electron chi connectivity index (χ1n) is 11.1. The van der Waals surface area contributed by atoms with Crippen molar-refractivity contribution < 1.29 is 9.13 Å². The van der Waals surface area contributed by atoms with Crippen molar-refractivity contribution in [2.75, 3.05) is 13.2 Å². The van der Waals surface area contributed by atoms with Crippen LogP contribution in [0.1, 0.15) is 81.8 Å². The number of ether oxygens (including phenoxy) is 1. The van der Waals surface area contributed by atoms with Crippen molar-refractivity contribution in [1.29, 1.82) is 5.26 Å². The minimum Gasteiger partial charge on any atom is -0.377 e. The van der Waals surface area contributed by atoms with Crippen molar-refractivity contribution in [2.45, 2.75) is 70.6 Å². The van der Waals surface area contributed by atoms with Crippen LogP contribution in [0.4, 0.5) is 4.39 Å². The molecule has 2 nitrogen and oxygen atoms in total. The van der Waals surface area contributed by atoms with Crippen molar-refractivity contribution in [1.82, 2.24) is 0 Å². The first-order valence-corrected chi connectivity index (χ1v) is 11.1. The van der Waals surface area contributed by atoms with Crippen molar-refractivity contribution in [3.05, 3.63) is 47.3 Å². The Labute approximate surface area is 169 Å². The van der Waals surface area contributed by atoms with Gasteiger partial charge >= 0.3 is 0 Å². The molecule has 0 bridgehead atoms. The van der Waals surface area contributed by atoms with Crippen molar-refractivity contribution in [3.63, 3.8) is 0 Å². The number of benzene rings is 1. The zero-order valence-corrected chi connectivity index (χ0v) is 17.2. The van der Waals surface area contributed by atoms with Gasteiger partial charge in [0.15, 0.2) is 0 Å². The molecular weight excluding hydrogens is 349 g/mol. The molecule has 0 aliphatic heterocycles. The highest BCUT2D eigenvalue weighted by Crippen LogP contribution is 2.44. The van der Waals surface area contributed by atoms with Gasteiger partial charge in [-0.05, 0) is 99.2 Å². The number of allylic oxidation sites excluding steroid dienone is 1. The molecule has 0 spiro atoms. The molecule has 1 aromatic carbocycles. The van der Waals surface area contributed by atoms with Crippen molar-refractivity contribution in [3.8, 4) is 6.07 Å². The minimum absolute atomic E-state index is 0.197. The van der Waals surface area contributed by atoms with E-state index >= 15 is 0 Å². The van der Waals surface area contributed by atoms with E-state index in [1.807, 2.05) is 12.1 Å². The average molecular weight is 384 g/mol. The summed E-state index contributed by atoms with van der Waals surface area (Å²) < 4.78 is 19.8. The molecule has 0 heterocycles. The van der Waals surface area contributed by atoms with Gasteiger partial charge in [0.1, 0.15) is 5.82 Å². The fourth-order valence-corrected chi connectivity index (χ4v) is 5.18. The monoisotopic (exact) mass is 383 g/mol. The Morgan fingerprint density at radius 1 is 1.07 bits per heavy atom. The zero-order valence-electron chi connectivity index (χ0n) is 17.2. The number of nitriles is 1. The zero-order chi connectivity index (χ0) is 19.8. The van der Waals surface area contributed by atoms with E-state index in [1.165, 1.54) is 44.6 Å². The lowest BCUT2D eigenvalue weighted by Crippen LogP contribution is -2.25. The van der Waals surface area contributed by atoms with Crippen LogP contribution < -0.4 is 0 Å². The van der Waals surface area contributed by atoms with Gasteiger partial charge in [-0.1, -0.05) is 25.1 Å². The molecule has 2 saturated carbocycles. The molecule has 2 aliphatic carbocycles. The molecule has 3 rings (SSSR count). The van der Waals surface area contributed by atoms with Gasteiger partial charge in [-0.2, -0.15) is 5.26 Å². The van der Waals surface area contributed by atoms with Crippen molar-refractivity contribution >= 4 is 0 Å². The van der Waals surface area contributed by atoms with Gasteiger partial charge in [-0.3, -0.25) is 0 Å². The van der Waals surface area contributed by atoms with Crippen LogP contribution in [-0.2, 0) is 4.74 Å². The van der Waals surface area contributed by atoms with Gasteiger partial charge < -0.3 is 4.74 Å². The molecule has 28 heavy (non-hydrogen) atoms. The SMILES string of the molecule is CCCOCC=C[C@H]1CC[C@H]([C@H]2CC[C@H](c3ccc(C#N)cc3F)CC2)CC1. The summed E-state index contributed by atoms with van der Waals surface area (Å²) in [4.78, 5) is 0. The summed E-state index contributed by atoms with van der Waals surface area (Å²) >= 11 is 0. The molecule has 0 atom stereocenters. The molecule has 2 aliphatic rings. The number of rotatable bonds is 7. The van der Waals surface area contributed by atoms with E-state index in [2.05, 4.69) is 19.1 Å². The highest BCUT2D eigenvalue weighted by atomic mass is 19.1. The number of halogens is 1. The third-order valence-electron chi connectivity index (χ3n) is 6.80. The first kappa shape index (κ1) is 21.1. The lowest BCUT2D eigenvalue weighted by atomic mass is 9.68. The van der Waals surface area contributed by atoms with Gasteiger partial charge in [-0.15, -0.1) is 0 Å². The first-order chi connectivity index (χ1) is 13.7. The second-order valence-corrected chi connectivity index (χ2v) is 8.64. The van der Waals surface area contributed by atoms with E-state index < -0.39 is 0 Å². The van der Waals surface area contributed by atoms with Gasteiger partial charge in [0, 0.05) is 6.61 Å². The second-order valence-electron chi connectivity index (χ2n) is 8.64. The maximum absolute atomic E-state index is 14.3. The third-order valence-corrected chi connectivity index (χ3v) is 6.80. The Bertz CT molecular complexity index is 676. The lowest BCUT2D eigenvalue weighted by molar-refractivity contribution is 0.160. The van der Waals surface area contributed by atoms with Crippen LogP contribution in [0.2, 0.25) is 0 Å². The third kappa shape index (κ3) is 5.67. The molecule has 152 valence electrons. The van der Waals surface area contributed by atoms with E-state index in [0.29, 0.717) is 11.5 Å². The molecule has 0 radical (unpaired) electrons. The van der Waals surface area contributed by atoms with Crippen molar-refractivity contribution in [2.24, 2.45) is 17.8 Å². The molecule has 2 fully saturated rings. The standard InChI is InChI=1S/C25H34FNO/c1-2-15-28-16-3-4-19-5-8-21(9-6-19)22-10-12-23(13-11-22)24-14-7-20(18-27)17-25(24)26/h3-4,7,14,17,19,21-23H,2,5-6,8-13,15-16H2,1H3/t19-,21-,22-,23-. The molecule has 3 heteroatoms. The quantitative estimate of drug-likeness (QED) is 0.385. The summed E-state index contributed by atoms with van der Waals surface area (Å²) in [6.07, 6.45) is 15.6. The van der Waals surface area contributed by atoms with Gasteiger partial charge in [-0.25, -0.2) is 4.39 Å². The molecule has 0 N–H and O–H groups in total. The smallest absolute Gasteiger partial charge is 0.127 e. The van der Waals surface area contributed by atoms with Gasteiger partial charge in [0.05, 0.1) is 18.2 Å². The number of hydrogen-bond acceptors (Lipinski definition) is 2. The van der Waals surface area contributed by atoms with E-state index in [9.17, 15) is 4.39 Å². The maximum Gasteiger partial charge on any atom is 0.127 e. The lowest BCUT2D eigenvalue weighted by Gasteiger charge is -2.37. The minimum atomic E-state index is -0.197. The van der Waals surface area contributed by atoms with Gasteiger partial charge in [0.25, 0.3) is 0 Å². The normalized spacial score (nSPS) is 28.3. The van der Waals surface area contributed by atoms with Crippen LogP contribution >= 0.6 is 0 Å². The summed E-state index contributed by atoms with van der Waals surface area (Å²) in [6, 6.07) is 7.00. The summed E-state index contributed by atoms with van der Waals surface area (Å²) in [6.45, 7) is 3.75. The van der Waals surface area contributed by atoms with Gasteiger partial charge in [0.2, 0.25) is 0 Å². The molecule has 1 aromatic rings. The summed E-state index contributed by atoms with van der Waals surface area (Å²) in [7, 11) is 0. The summed E-state index contributed by atoms with van der Waals surface area (Å²) in [5.74, 6) is 2.53. The maximum atomic E-state index is 14.3. The van der Waals surface area contributed by atoms with Crippen LogP contribution in [0.25, 0.3) is 0 Å². The topological polar surface area (TPSA) is 33.0 Å². The van der Waals surface area contributed by atoms with Crippen LogP contribution in [0.3, 0.4) is 0 Å². The Hall–Kier alpha value is -1.66. The average Bonchev–Trinajstić information content (AvgIpc) is 2.74. The number of nitrogens with zero attached hydrogens (tertiary/aromatic N) is 1. The molecule has 0 saturated heterocycles. The summed E-state index contributed by atoms with van der Waals surface area (Å²) in [5, 5.41) is 8.92. The molecular formula is C25H34FNO. The van der Waals surface area contributed by atoms with Crippen LogP contribution in [0.5, 0.6) is 0 Å².